The maximum atomic E-state index is 12.4. The molecule has 2 N–H and O–H groups in total. The van der Waals surface area contributed by atoms with Crippen molar-refractivity contribution in [1.82, 2.24) is 10.2 Å². The van der Waals surface area contributed by atoms with Crippen LogP contribution in [0.4, 0.5) is 0 Å². The Labute approximate surface area is 120 Å². The molecule has 1 aliphatic rings. The monoisotopic (exact) mass is 296 g/mol. The highest BCUT2D eigenvalue weighted by atomic mass is 32.1. The number of hydrogen-bond acceptors (Lipinski definition) is 4. The maximum Gasteiger partial charge on any atom is 0.328 e. The van der Waals surface area contributed by atoms with E-state index in [1.165, 1.54) is 11.3 Å². The van der Waals surface area contributed by atoms with E-state index in [0.29, 0.717) is 4.88 Å². The number of carbonyl (C=O) groups is 3. The van der Waals surface area contributed by atoms with Crippen LogP contribution in [0, 0.1) is 6.92 Å². The highest BCUT2D eigenvalue weighted by Crippen LogP contribution is 2.24. The maximum absolute atomic E-state index is 12.4. The van der Waals surface area contributed by atoms with Crippen LogP contribution >= 0.6 is 11.3 Å². The third kappa shape index (κ3) is 2.67. The first kappa shape index (κ1) is 14.5. The van der Waals surface area contributed by atoms with Crippen LogP contribution in [0.3, 0.4) is 0 Å². The number of piperazine rings is 1. The van der Waals surface area contributed by atoms with Crippen LogP contribution in [0.1, 0.15) is 27.0 Å². The number of nitrogens with zero attached hydrogens (tertiary/aromatic N) is 1. The molecule has 1 saturated heterocycles. The molecule has 0 spiro atoms. The quantitative estimate of drug-likeness (QED) is 0.857. The zero-order chi connectivity index (χ0) is 14.9. The predicted octanol–water partition coefficient (Wildman–Crippen LogP) is 0.644. The molecule has 0 saturated carbocycles. The SMILES string of the molecule is CCc1sc(C(=O)N2CC(=O)NCC2C(=O)O)cc1C. The molecule has 2 rings (SSSR count). The van der Waals surface area contributed by atoms with Gasteiger partial charge in [0.25, 0.3) is 5.91 Å². The third-order valence-corrected chi connectivity index (χ3v) is 4.65. The molecule has 7 heteroatoms. The lowest BCUT2D eigenvalue weighted by Gasteiger charge is -2.32. The molecule has 0 radical (unpaired) electrons. The molecule has 108 valence electrons. The Morgan fingerprint density at radius 2 is 2.25 bits per heavy atom. The summed E-state index contributed by atoms with van der Waals surface area (Å²) in [6.45, 7) is 3.66. The average molecular weight is 296 g/mol. The molecule has 2 amide bonds. The molecule has 20 heavy (non-hydrogen) atoms. The number of amides is 2. The zero-order valence-electron chi connectivity index (χ0n) is 11.3. The summed E-state index contributed by atoms with van der Waals surface area (Å²) in [6, 6.07) is 0.754. The summed E-state index contributed by atoms with van der Waals surface area (Å²) >= 11 is 1.36. The van der Waals surface area contributed by atoms with Crippen LogP contribution in [0.15, 0.2) is 6.07 Å². The number of carbonyl (C=O) groups excluding carboxylic acids is 2. The van der Waals surface area contributed by atoms with Gasteiger partial charge < -0.3 is 15.3 Å². The van der Waals surface area contributed by atoms with Crippen LogP contribution in [0.5, 0.6) is 0 Å². The summed E-state index contributed by atoms with van der Waals surface area (Å²) in [7, 11) is 0. The van der Waals surface area contributed by atoms with Gasteiger partial charge in [-0.3, -0.25) is 9.59 Å². The smallest absolute Gasteiger partial charge is 0.328 e. The molecule has 1 unspecified atom stereocenters. The van der Waals surface area contributed by atoms with Gasteiger partial charge in [0.1, 0.15) is 12.6 Å². The Kier molecular flexibility index (Phi) is 4.08. The first-order chi connectivity index (χ1) is 9.43. The number of carboxylic acid groups (broad SMARTS) is 1. The summed E-state index contributed by atoms with van der Waals surface area (Å²) < 4.78 is 0. The molecule has 0 aromatic carbocycles. The summed E-state index contributed by atoms with van der Waals surface area (Å²) in [5.41, 5.74) is 1.02. The number of carboxylic acids is 1. The van der Waals surface area contributed by atoms with Crippen molar-refractivity contribution in [2.45, 2.75) is 26.3 Å². The summed E-state index contributed by atoms with van der Waals surface area (Å²) in [5, 5.41) is 11.6. The van der Waals surface area contributed by atoms with E-state index in [0.717, 1.165) is 21.8 Å². The van der Waals surface area contributed by atoms with Crippen molar-refractivity contribution in [3.63, 3.8) is 0 Å². The van der Waals surface area contributed by atoms with Crippen molar-refractivity contribution in [1.29, 1.82) is 0 Å². The lowest BCUT2D eigenvalue weighted by Crippen LogP contribution is -2.59. The fraction of sp³-hybridized carbons (Fsp3) is 0.462. The molecular weight excluding hydrogens is 280 g/mol. The van der Waals surface area contributed by atoms with E-state index in [1.54, 1.807) is 6.07 Å². The molecular formula is C13H16N2O4S. The second kappa shape index (κ2) is 5.62. The van der Waals surface area contributed by atoms with Crippen LogP contribution < -0.4 is 5.32 Å². The number of aryl methyl sites for hydroxylation is 2. The minimum Gasteiger partial charge on any atom is -0.480 e. The van der Waals surface area contributed by atoms with Crippen LogP contribution in [-0.2, 0) is 16.0 Å². The largest absolute Gasteiger partial charge is 0.480 e. The minimum absolute atomic E-state index is 0.0507. The second-order valence-electron chi connectivity index (χ2n) is 4.66. The molecule has 0 aliphatic carbocycles. The van der Waals surface area contributed by atoms with Gasteiger partial charge in [-0.25, -0.2) is 4.79 Å². The first-order valence-corrected chi connectivity index (χ1v) is 7.15. The van der Waals surface area contributed by atoms with E-state index >= 15 is 0 Å². The summed E-state index contributed by atoms with van der Waals surface area (Å²) in [6.07, 6.45) is 0.826. The van der Waals surface area contributed by atoms with Crippen molar-refractivity contribution in [3.8, 4) is 0 Å². The van der Waals surface area contributed by atoms with E-state index in [1.807, 2.05) is 13.8 Å². The lowest BCUT2D eigenvalue weighted by atomic mass is 10.1. The van der Waals surface area contributed by atoms with Gasteiger partial charge in [-0.15, -0.1) is 11.3 Å². The highest BCUT2D eigenvalue weighted by Gasteiger charge is 2.36. The Hall–Kier alpha value is -1.89. The van der Waals surface area contributed by atoms with E-state index in [2.05, 4.69) is 5.32 Å². The molecule has 2 heterocycles. The normalized spacial score (nSPS) is 18.8. The summed E-state index contributed by atoms with van der Waals surface area (Å²) in [4.78, 5) is 37.8. The number of rotatable bonds is 3. The molecule has 6 nitrogen and oxygen atoms in total. The van der Waals surface area contributed by atoms with Crippen molar-refractivity contribution in [2.75, 3.05) is 13.1 Å². The second-order valence-corrected chi connectivity index (χ2v) is 5.80. The number of hydrogen-bond donors (Lipinski definition) is 2. The van der Waals surface area contributed by atoms with Crippen molar-refractivity contribution >= 4 is 29.1 Å². The number of nitrogens with one attached hydrogen (secondary N) is 1. The van der Waals surface area contributed by atoms with E-state index in [9.17, 15) is 14.4 Å². The van der Waals surface area contributed by atoms with E-state index in [4.69, 9.17) is 5.11 Å². The van der Waals surface area contributed by atoms with E-state index < -0.39 is 12.0 Å². The van der Waals surface area contributed by atoms with Gasteiger partial charge in [-0.05, 0) is 25.0 Å². The Morgan fingerprint density at radius 1 is 1.55 bits per heavy atom. The highest BCUT2D eigenvalue weighted by molar-refractivity contribution is 7.14. The molecule has 1 aliphatic heterocycles. The van der Waals surface area contributed by atoms with E-state index in [-0.39, 0.29) is 24.9 Å². The fourth-order valence-electron chi connectivity index (χ4n) is 2.19. The zero-order valence-corrected chi connectivity index (χ0v) is 12.1. The first-order valence-electron chi connectivity index (χ1n) is 6.33. The topological polar surface area (TPSA) is 86.7 Å². The third-order valence-electron chi connectivity index (χ3n) is 3.28. The van der Waals surface area contributed by atoms with Gasteiger partial charge in [-0.1, -0.05) is 6.92 Å². The van der Waals surface area contributed by atoms with Crippen molar-refractivity contribution in [3.05, 3.63) is 21.4 Å². The fourth-order valence-corrected chi connectivity index (χ4v) is 3.26. The lowest BCUT2D eigenvalue weighted by molar-refractivity contribution is -0.144. The minimum atomic E-state index is -1.11. The molecule has 1 aromatic rings. The van der Waals surface area contributed by atoms with Crippen LogP contribution in [-0.4, -0.2) is 46.9 Å². The average Bonchev–Trinajstić information content (AvgIpc) is 2.78. The molecule has 1 atom stereocenters. The van der Waals surface area contributed by atoms with Crippen molar-refractivity contribution < 1.29 is 19.5 Å². The van der Waals surface area contributed by atoms with Gasteiger partial charge in [0.15, 0.2) is 0 Å². The van der Waals surface area contributed by atoms with Crippen LogP contribution in [0.25, 0.3) is 0 Å². The van der Waals surface area contributed by atoms with Gasteiger partial charge in [0.05, 0.1) is 4.88 Å². The van der Waals surface area contributed by atoms with Crippen molar-refractivity contribution in [2.24, 2.45) is 0 Å². The van der Waals surface area contributed by atoms with Crippen LogP contribution in [0.2, 0.25) is 0 Å². The summed E-state index contributed by atoms with van der Waals surface area (Å²) in [5.74, 6) is -1.83. The Bertz CT molecular complexity index is 567. The number of thiophene rings is 1. The van der Waals surface area contributed by atoms with Gasteiger partial charge in [0.2, 0.25) is 5.91 Å². The molecule has 1 aromatic heterocycles. The molecule has 1 fully saturated rings. The Balaban J connectivity index is 2.28. The van der Waals surface area contributed by atoms with Gasteiger partial charge in [0, 0.05) is 11.4 Å². The Morgan fingerprint density at radius 3 is 2.80 bits per heavy atom. The standard InChI is InChI=1S/C13H16N2O4S/c1-3-9-7(2)4-10(20-9)12(17)15-6-11(16)14-5-8(15)13(18)19/h4,8H,3,5-6H2,1-2H3,(H,14,16)(H,18,19). The predicted molar refractivity (Wildman–Crippen MR) is 73.9 cm³/mol. The number of aliphatic carboxylic acids is 1. The van der Waals surface area contributed by atoms with Gasteiger partial charge in [-0.2, -0.15) is 0 Å². The van der Waals surface area contributed by atoms with Gasteiger partial charge >= 0.3 is 5.97 Å². The molecule has 0 bridgehead atoms.